The largest absolute Gasteiger partial charge is 0.495 e. The molecule has 0 saturated heterocycles. The molecule has 45 heavy (non-hydrogen) atoms. The maximum Gasteiger partial charge on any atom is 0.264 e. The van der Waals surface area contributed by atoms with Crippen molar-refractivity contribution < 1.29 is 22.7 Å². The van der Waals surface area contributed by atoms with E-state index in [1.54, 1.807) is 43.3 Å². The first-order valence-electron chi connectivity index (χ1n) is 14.3. The van der Waals surface area contributed by atoms with Gasteiger partial charge in [-0.25, -0.2) is 8.42 Å². The molecule has 0 spiro atoms. The molecule has 0 unspecified atom stereocenters. The number of anilines is 1. The third kappa shape index (κ3) is 8.57. The first-order valence-corrected chi connectivity index (χ1v) is 16.5. The Balaban J connectivity index is 1.81. The van der Waals surface area contributed by atoms with Gasteiger partial charge in [-0.3, -0.25) is 13.9 Å². The van der Waals surface area contributed by atoms with Gasteiger partial charge in [-0.15, -0.1) is 0 Å². The number of rotatable bonds is 13. The summed E-state index contributed by atoms with van der Waals surface area (Å²) >= 11 is 12.5. The van der Waals surface area contributed by atoms with E-state index in [4.69, 9.17) is 27.9 Å². The highest BCUT2D eigenvalue weighted by atomic mass is 35.5. The number of nitrogens with one attached hydrogen (secondary N) is 1. The SMILES string of the molecule is CCNC(=O)[C@H](Cc1ccccc1)N(Cc1ccc(Cl)cc1)C(=O)CN(c1ccc(OC)c(Cl)c1)S(=O)(=O)c1ccc(C)cc1. The maximum atomic E-state index is 14.4. The van der Waals surface area contributed by atoms with Crippen molar-refractivity contribution in [3.8, 4) is 5.75 Å². The fraction of sp³-hybridized carbons (Fsp3) is 0.235. The summed E-state index contributed by atoms with van der Waals surface area (Å²) in [6.07, 6.45) is 0.213. The second kappa shape index (κ2) is 15.3. The van der Waals surface area contributed by atoms with Crippen molar-refractivity contribution in [3.05, 3.63) is 124 Å². The van der Waals surface area contributed by atoms with Gasteiger partial charge in [-0.05, 0) is 67.4 Å². The molecule has 4 aromatic carbocycles. The highest BCUT2D eigenvalue weighted by Gasteiger charge is 2.34. The Morgan fingerprint density at radius 3 is 2.16 bits per heavy atom. The minimum absolute atomic E-state index is 0.00153. The minimum atomic E-state index is -4.26. The number of nitrogens with zero attached hydrogens (tertiary/aromatic N) is 2. The molecule has 8 nitrogen and oxygen atoms in total. The van der Waals surface area contributed by atoms with Gasteiger partial charge in [0.1, 0.15) is 18.3 Å². The Morgan fingerprint density at radius 2 is 1.56 bits per heavy atom. The molecule has 0 aliphatic rings. The van der Waals surface area contributed by atoms with E-state index in [0.29, 0.717) is 17.3 Å². The molecule has 2 amide bonds. The van der Waals surface area contributed by atoms with E-state index in [1.165, 1.54) is 42.3 Å². The molecular formula is C34H35Cl2N3O5S. The summed E-state index contributed by atoms with van der Waals surface area (Å²) in [5, 5.41) is 3.54. The van der Waals surface area contributed by atoms with Crippen molar-refractivity contribution in [1.29, 1.82) is 0 Å². The molecule has 0 aliphatic carbocycles. The standard InChI is InChI=1S/C34H35Cl2N3O5S/c1-4-37-34(41)31(20-25-8-6-5-7-9-25)38(22-26-12-14-27(35)15-13-26)33(40)23-39(28-16-19-32(44-3)30(36)21-28)45(42,43)29-17-10-24(2)11-18-29/h5-19,21,31H,4,20,22-23H2,1-3H3,(H,37,41)/t31-/m0/s1. The summed E-state index contributed by atoms with van der Waals surface area (Å²) in [4.78, 5) is 29.4. The molecule has 4 aromatic rings. The van der Waals surface area contributed by atoms with Crippen LogP contribution >= 0.6 is 23.2 Å². The summed E-state index contributed by atoms with van der Waals surface area (Å²) in [6.45, 7) is 3.44. The van der Waals surface area contributed by atoms with Crippen LogP contribution in [0.1, 0.15) is 23.6 Å². The van der Waals surface area contributed by atoms with E-state index < -0.39 is 28.5 Å². The first-order chi connectivity index (χ1) is 21.5. The summed E-state index contributed by atoms with van der Waals surface area (Å²) in [5.74, 6) is -0.591. The van der Waals surface area contributed by atoms with Crippen molar-refractivity contribution in [2.75, 3.05) is 24.5 Å². The Kier molecular flexibility index (Phi) is 11.5. The fourth-order valence-electron chi connectivity index (χ4n) is 4.81. The molecular weight excluding hydrogens is 633 g/mol. The van der Waals surface area contributed by atoms with Gasteiger partial charge in [0.25, 0.3) is 10.0 Å². The predicted molar refractivity (Wildman–Crippen MR) is 178 cm³/mol. The van der Waals surface area contributed by atoms with Gasteiger partial charge in [-0.2, -0.15) is 0 Å². The van der Waals surface area contributed by atoms with E-state index in [-0.39, 0.29) is 34.5 Å². The monoisotopic (exact) mass is 667 g/mol. The zero-order valence-electron chi connectivity index (χ0n) is 25.2. The van der Waals surface area contributed by atoms with E-state index in [0.717, 1.165) is 21.0 Å². The number of hydrogen-bond donors (Lipinski definition) is 1. The summed E-state index contributed by atoms with van der Waals surface area (Å²) < 4.78 is 34.6. The lowest BCUT2D eigenvalue weighted by molar-refractivity contribution is -0.140. The number of ether oxygens (including phenoxy) is 1. The molecule has 0 fully saturated rings. The number of aryl methyl sites for hydroxylation is 1. The van der Waals surface area contributed by atoms with Gasteiger partial charge < -0.3 is 15.0 Å². The van der Waals surface area contributed by atoms with Crippen LogP contribution in [0.3, 0.4) is 0 Å². The van der Waals surface area contributed by atoms with Crippen molar-refractivity contribution in [2.24, 2.45) is 0 Å². The average Bonchev–Trinajstić information content (AvgIpc) is 3.03. The van der Waals surface area contributed by atoms with Crippen LogP contribution in [0.4, 0.5) is 5.69 Å². The smallest absolute Gasteiger partial charge is 0.264 e. The van der Waals surface area contributed by atoms with Crippen LogP contribution in [0.15, 0.2) is 102 Å². The molecule has 0 heterocycles. The molecule has 4 rings (SSSR count). The average molecular weight is 669 g/mol. The number of benzene rings is 4. The van der Waals surface area contributed by atoms with Crippen LogP contribution in [-0.2, 0) is 32.6 Å². The lowest BCUT2D eigenvalue weighted by Crippen LogP contribution is -2.53. The Morgan fingerprint density at radius 1 is 0.889 bits per heavy atom. The van der Waals surface area contributed by atoms with E-state index in [9.17, 15) is 18.0 Å². The zero-order chi connectivity index (χ0) is 32.6. The van der Waals surface area contributed by atoms with Crippen LogP contribution < -0.4 is 14.4 Å². The van der Waals surface area contributed by atoms with Gasteiger partial charge >= 0.3 is 0 Å². The molecule has 1 N–H and O–H groups in total. The number of likely N-dealkylation sites (N-methyl/N-ethyl adjacent to an activating group) is 1. The normalized spacial score (nSPS) is 11.8. The molecule has 1 atom stereocenters. The molecule has 0 radical (unpaired) electrons. The van der Waals surface area contributed by atoms with Crippen LogP contribution in [0.5, 0.6) is 5.75 Å². The second-order valence-corrected chi connectivity index (χ2v) is 13.1. The van der Waals surface area contributed by atoms with E-state index in [1.807, 2.05) is 37.3 Å². The minimum Gasteiger partial charge on any atom is -0.495 e. The van der Waals surface area contributed by atoms with Crippen molar-refractivity contribution in [2.45, 2.75) is 37.8 Å². The lowest BCUT2D eigenvalue weighted by Gasteiger charge is -2.34. The number of carbonyl (C=O) groups excluding carboxylic acids is 2. The number of hydrogen-bond acceptors (Lipinski definition) is 5. The van der Waals surface area contributed by atoms with Gasteiger partial charge in [0, 0.05) is 24.5 Å². The second-order valence-electron chi connectivity index (χ2n) is 10.4. The highest BCUT2D eigenvalue weighted by molar-refractivity contribution is 7.92. The molecule has 0 saturated carbocycles. The van der Waals surface area contributed by atoms with Crippen LogP contribution in [0.25, 0.3) is 0 Å². The van der Waals surface area contributed by atoms with Gasteiger partial charge in [0.05, 0.1) is 22.7 Å². The van der Waals surface area contributed by atoms with Gasteiger partial charge in [-0.1, -0.05) is 83.4 Å². The van der Waals surface area contributed by atoms with Crippen LogP contribution in [0.2, 0.25) is 10.0 Å². The number of amides is 2. The topological polar surface area (TPSA) is 96.0 Å². The Hall–Kier alpha value is -4.05. The van der Waals surface area contributed by atoms with Crippen molar-refractivity contribution >= 4 is 50.7 Å². The van der Waals surface area contributed by atoms with E-state index >= 15 is 0 Å². The highest BCUT2D eigenvalue weighted by Crippen LogP contribution is 2.32. The fourth-order valence-corrected chi connectivity index (χ4v) is 6.59. The third-order valence-electron chi connectivity index (χ3n) is 7.20. The molecule has 11 heteroatoms. The Labute approximate surface area is 274 Å². The lowest BCUT2D eigenvalue weighted by atomic mass is 10.0. The van der Waals surface area contributed by atoms with E-state index in [2.05, 4.69) is 5.32 Å². The molecule has 0 aromatic heterocycles. The van der Waals surface area contributed by atoms with Crippen LogP contribution in [0, 0.1) is 6.92 Å². The maximum absolute atomic E-state index is 14.4. The number of methoxy groups -OCH3 is 1. The van der Waals surface area contributed by atoms with Gasteiger partial charge in [0.2, 0.25) is 11.8 Å². The molecule has 0 aliphatic heterocycles. The number of sulfonamides is 1. The zero-order valence-corrected chi connectivity index (χ0v) is 27.6. The number of halogens is 2. The van der Waals surface area contributed by atoms with Gasteiger partial charge in [0.15, 0.2) is 0 Å². The molecule has 236 valence electrons. The molecule has 0 bridgehead atoms. The summed E-state index contributed by atoms with van der Waals surface area (Å²) in [5.41, 5.74) is 2.60. The number of carbonyl (C=O) groups is 2. The first kappa shape index (κ1) is 33.8. The summed E-state index contributed by atoms with van der Waals surface area (Å²) in [7, 11) is -2.81. The predicted octanol–water partition coefficient (Wildman–Crippen LogP) is 6.28. The quantitative estimate of drug-likeness (QED) is 0.181. The summed E-state index contributed by atoms with van der Waals surface area (Å²) in [6, 6.07) is 26.2. The van der Waals surface area contributed by atoms with Crippen LogP contribution in [-0.4, -0.2) is 51.4 Å². The Bertz CT molecular complexity index is 1720. The van der Waals surface area contributed by atoms with Crippen molar-refractivity contribution in [1.82, 2.24) is 10.2 Å². The van der Waals surface area contributed by atoms with Crippen molar-refractivity contribution in [3.63, 3.8) is 0 Å². The third-order valence-corrected chi connectivity index (χ3v) is 9.53.